The molecule has 0 saturated heterocycles. The molecule has 2 rings (SSSR count). The summed E-state index contributed by atoms with van der Waals surface area (Å²) in [6.07, 6.45) is 3.45. The third-order valence-corrected chi connectivity index (χ3v) is 5.27. The molecule has 1 aliphatic rings. The number of halogens is 3. The number of ether oxygens (including phenoxy) is 1. The molecule has 1 aliphatic carbocycles. The van der Waals surface area contributed by atoms with Gasteiger partial charge in [0.1, 0.15) is 0 Å². The Balaban J connectivity index is 2.04. The van der Waals surface area contributed by atoms with Crippen molar-refractivity contribution >= 4 is 34.8 Å². The Morgan fingerprint density at radius 1 is 1.26 bits per heavy atom. The molecule has 0 aromatic heterocycles. The number of hydrogen-bond acceptors (Lipinski definition) is 2. The van der Waals surface area contributed by atoms with E-state index in [-0.39, 0.29) is 11.6 Å². The summed E-state index contributed by atoms with van der Waals surface area (Å²) in [5, 5.41) is 4.89. The van der Waals surface area contributed by atoms with Gasteiger partial charge in [0.15, 0.2) is 0 Å². The molecule has 1 unspecified atom stereocenters. The summed E-state index contributed by atoms with van der Waals surface area (Å²) in [6.45, 7) is 2.88. The van der Waals surface area contributed by atoms with Crippen LogP contribution in [0, 0.1) is 0 Å². The predicted molar refractivity (Wildman–Crippen MR) is 81.5 cm³/mol. The van der Waals surface area contributed by atoms with Crippen LogP contribution >= 0.6 is 34.8 Å². The molecule has 106 valence electrons. The molecule has 0 radical (unpaired) electrons. The normalized spacial score (nSPS) is 19.0. The van der Waals surface area contributed by atoms with Crippen LogP contribution in [0.2, 0.25) is 15.1 Å². The van der Waals surface area contributed by atoms with Crippen molar-refractivity contribution in [3.8, 4) is 0 Å². The van der Waals surface area contributed by atoms with E-state index in [0.717, 1.165) is 24.9 Å². The average molecular weight is 323 g/mol. The van der Waals surface area contributed by atoms with Crippen LogP contribution in [-0.2, 0) is 4.74 Å². The van der Waals surface area contributed by atoms with Crippen LogP contribution < -0.4 is 5.32 Å². The molecule has 19 heavy (non-hydrogen) atoms. The zero-order chi connectivity index (χ0) is 14.0. The first kappa shape index (κ1) is 15.4. The molecule has 0 amide bonds. The first-order valence-corrected chi connectivity index (χ1v) is 7.54. The van der Waals surface area contributed by atoms with Crippen molar-refractivity contribution in [3.05, 3.63) is 32.8 Å². The second-order valence-corrected chi connectivity index (χ2v) is 6.27. The fourth-order valence-corrected chi connectivity index (χ4v) is 3.05. The zero-order valence-corrected chi connectivity index (χ0v) is 13.4. The van der Waals surface area contributed by atoms with Crippen molar-refractivity contribution in [2.45, 2.75) is 37.8 Å². The Morgan fingerprint density at radius 3 is 2.47 bits per heavy atom. The highest BCUT2D eigenvalue weighted by molar-refractivity contribution is 6.48. The van der Waals surface area contributed by atoms with Gasteiger partial charge in [-0.15, -0.1) is 0 Å². The third kappa shape index (κ3) is 3.20. The minimum absolute atomic E-state index is 0.00302. The molecule has 5 heteroatoms. The van der Waals surface area contributed by atoms with E-state index in [9.17, 15) is 0 Å². The Bertz CT molecular complexity index is 455. The summed E-state index contributed by atoms with van der Waals surface area (Å²) in [6, 6.07) is 3.79. The fourth-order valence-electron chi connectivity index (χ4n) is 2.35. The van der Waals surface area contributed by atoms with E-state index >= 15 is 0 Å². The summed E-state index contributed by atoms with van der Waals surface area (Å²) in [5.41, 5.74) is 0.957. The summed E-state index contributed by atoms with van der Waals surface area (Å²) in [7, 11) is 1.78. The van der Waals surface area contributed by atoms with Crippen LogP contribution in [0.25, 0.3) is 0 Å². The lowest BCUT2D eigenvalue weighted by atomic mass is 9.80. The summed E-state index contributed by atoms with van der Waals surface area (Å²) in [4.78, 5) is 0. The zero-order valence-electron chi connectivity index (χ0n) is 11.1. The molecule has 1 fully saturated rings. The molecule has 2 nitrogen and oxygen atoms in total. The lowest BCUT2D eigenvalue weighted by Gasteiger charge is -2.41. The highest BCUT2D eigenvalue weighted by atomic mass is 35.5. The van der Waals surface area contributed by atoms with E-state index in [1.54, 1.807) is 13.2 Å². The molecule has 0 aliphatic heterocycles. The van der Waals surface area contributed by atoms with Gasteiger partial charge < -0.3 is 10.1 Å². The van der Waals surface area contributed by atoms with Crippen LogP contribution in [0.1, 0.15) is 37.8 Å². The van der Waals surface area contributed by atoms with Gasteiger partial charge in [0.05, 0.1) is 20.7 Å². The summed E-state index contributed by atoms with van der Waals surface area (Å²) in [5.74, 6) is 0. The van der Waals surface area contributed by atoms with E-state index in [1.165, 1.54) is 6.42 Å². The third-order valence-electron chi connectivity index (χ3n) is 3.96. The van der Waals surface area contributed by atoms with Crippen LogP contribution in [-0.4, -0.2) is 19.3 Å². The second kappa shape index (κ2) is 6.19. The number of nitrogens with one attached hydrogen (secondary N) is 1. The molecule has 1 saturated carbocycles. The van der Waals surface area contributed by atoms with E-state index < -0.39 is 0 Å². The van der Waals surface area contributed by atoms with Crippen LogP contribution in [0.3, 0.4) is 0 Å². The minimum Gasteiger partial charge on any atom is -0.377 e. The molecule has 1 atom stereocenters. The van der Waals surface area contributed by atoms with Crippen LogP contribution in [0.15, 0.2) is 12.1 Å². The van der Waals surface area contributed by atoms with Crippen molar-refractivity contribution in [1.29, 1.82) is 0 Å². The molecular weight excluding hydrogens is 305 g/mol. The average Bonchev–Trinajstić information content (AvgIpc) is 2.35. The molecular formula is C14H18Cl3NO. The maximum absolute atomic E-state index is 6.24. The van der Waals surface area contributed by atoms with Gasteiger partial charge in [-0.2, -0.15) is 0 Å². The predicted octanol–water partition coefficient (Wildman–Crippen LogP) is 4.87. The monoisotopic (exact) mass is 321 g/mol. The van der Waals surface area contributed by atoms with Gasteiger partial charge in [-0.25, -0.2) is 0 Å². The maximum atomic E-state index is 6.24. The van der Waals surface area contributed by atoms with Crippen molar-refractivity contribution in [2.24, 2.45) is 0 Å². The molecule has 0 bridgehead atoms. The van der Waals surface area contributed by atoms with E-state index in [1.807, 2.05) is 6.07 Å². The Kier molecular flexibility index (Phi) is 5.02. The lowest BCUT2D eigenvalue weighted by Crippen LogP contribution is -2.48. The highest BCUT2D eigenvalue weighted by Gasteiger charge is 2.37. The van der Waals surface area contributed by atoms with Gasteiger partial charge in [0, 0.05) is 19.7 Å². The Hall–Kier alpha value is 0.01000. The molecule has 1 aromatic rings. The largest absolute Gasteiger partial charge is 0.377 e. The topological polar surface area (TPSA) is 21.3 Å². The summed E-state index contributed by atoms with van der Waals surface area (Å²) >= 11 is 18.2. The van der Waals surface area contributed by atoms with E-state index in [2.05, 4.69) is 12.2 Å². The van der Waals surface area contributed by atoms with Crippen molar-refractivity contribution < 1.29 is 4.74 Å². The highest BCUT2D eigenvalue weighted by Crippen LogP contribution is 2.37. The van der Waals surface area contributed by atoms with Gasteiger partial charge in [-0.3, -0.25) is 0 Å². The van der Waals surface area contributed by atoms with Crippen molar-refractivity contribution in [3.63, 3.8) is 0 Å². The van der Waals surface area contributed by atoms with Gasteiger partial charge in [-0.1, -0.05) is 40.9 Å². The number of methoxy groups -OCH3 is 1. The molecule has 0 spiro atoms. The van der Waals surface area contributed by atoms with Gasteiger partial charge in [-0.05, 0) is 37.8 Å². The molecule has 0 heterocycles. The van der Waals surface area contributed by atoms with Crippen molar-refractivity contribution in [1.82, 2.24) is 5.32 Å². The fraction of sp³-hybridized carbons (Fsp3) is 0.571. The van der Waals surface area contributed by atoms with Gasteiger partial charge >= 0.3 is 0 Å². The number of benzene rings is 1. The number of rotatable bonds is 5. The molecule has 1 aromatic carbocycles. The lowest BCUT2D eigenvalue weighted by molar-refractivity contribution is -0.0706. The minimum atomic E-state index is -0.00302. The van der Waals surface area contributed by atoms with Gasteiger partial charge in [0.25, 0.3) is 0 Å². The Labute approximate surface area is 129 Å². The van der Waals surface area contributed by atoms with Gasteiger partial charge in [0.2, 0.25) is 0 Å². The smallest absolute Gasteiger partial charge is 0.0802 e. The van der Waals surface area contributed by atoms with Crippen LogP contribution in [0.5, 0.6) is 0 Å². The quantitative estimate of drug-likeness (QED) is 0.781. The van der Waals surface area contributed by atoms with Crippen LogP contribution in [0.4, 0.5) is 0 Å². The van der Waals surface area contributed by atoms with E-state index in [4.69, 9.17) is 39.5 Å². The first-order valence-electron chi connectivity index (χ1n) is 6.41. The number of hydrogen-bond donors (Lipinski definition) is 1. The maximum Gasteiger partial charge on any atom is 0.0802 e. The standard InChI is InChI=1S/C14H18Cl3NO/c1-9(18-8-14(19-2)6-3-7-14)10-4-5-11(15)13(17)12(10)16/h4-5,9,18H,3,6-8H2,1-2H3. The van der Waals surface area contributed by atoms with E-state index in [0.29, 0.717) is 15.1 Å². The molecule has 1 N–H and O–H groups in total. The SMILES string of the molecule is COC1(CNC(C)c2ccc(Cl)c(Cl)c2Cl)CCC1. The van der Waals surface area contributed by atoms with Crippen molar-refractivity contribution in [2.75, 3.05) is 13.7 Å². The second-order valence-electron chi connectivity index (χ2n) is 5.11. The first-order chi connectivity index (χ1) is 8.99. The summed E-state index contributed by atoms with van der Waals surface area (Å²) < 4.78 is 5.59. The Morgan fingerprint density at radius 2 is 1.95 bits per heavy atom.